The number of β-amino-alcohol motifs (C(OH)–C–C–N with tert-alkyl or cyclic N) is 1. The molecular formula is C60H75F2N8O12PS2. The number of aromatic nitrogens is 1. The first-order valence-corrected chi connectivity index (χ1v) is 31.6. The summed E-state index contributed by atoms with van der Waals surface area (Å²) in [7, 11) is -5.88. The number of likely N-dealkylation sites (tertiary alicyclic amines) is 3. The van der Waals surface area contributed by atoms with Gasteiger partial charge in [-0.05, 0) is 77.8 Å². The monoisotopic (exact) mass is 1230 g/mol. The first-order chi connectivity index (χ1) is 39.9. The Hall–Kier alpha value is -6.53. The largest absolute Gasteiger partial charge is 0.399 e. The number of benzene rings is 3. The third-order valence-electron chi connectivity index (χ3n) is 15.9. The van der Waals surface area contributed by atoms with Crippen molar-refractivity contribution in [3.05, 3.63) is 112 Å². The van der Waals surface area contributed by atoms with Crippen molar-refractivity contribution in [1.29, 1.82) is 0 Å². The molecule has 3 aliphatic rings. The van der Waals surface area contributed by atoms with Crippen LogP contribution in [-0.2, 0) is 43.7 Å². The number of alkyl halides is 2. The molecule has 3 aromatic carbocycles. The molecule has 20 nitrogen and oxygen atoms in total. The van der Waals surface area contributed by atoms with E-state index in [4.69, 9.17) is 4.74 Å². The van der Waals surface area contributed by atoms with Crippen molar-refractivity contribution in [2.24, 2.45) is 10.8 Å². The number of halogens is 2. The molecule has 0 spiro atoms. The number of aliphatic hydroxyl groups is 1. The topological polar surface area (TPSA) is 277 Å². The van der Waals surface area contributed by atoms with Crippen molar-refractivity contribution in [2.45, 2.75) is 141 Å². The summed E-state index contributed by atoms with van der Waals surface area (Å²) in [6.07, 6.45) is -0.484. The standard InChI is InChI=1S/C60H75F2N8O12PS2/c1-34(36-16-18-38(19-17-36)50-35(2)64-33-84-50)65-53(74)44-27-42(71)30-69(44)56(77)51(58(3,4)5)66-48(72)22-23-63-49(73)32-82-43-28-45(55(76)68-24-12-15-39(29-68)37-13-10-9-11-14-37)70(31-43)57(78)52(59(6,7)8)67-54(75)47-26-40-25-41(20-21-46(40)85-47)60(61,62)83(79,80)81/h9-11,13-14,16-21,25-26,33-34,39,42-45,51-52,71H,12,15,22-24,27-32H2,1-8H3,(H,63,73)(H,65,74)(H,66,72)(H,67,75)(H2,79,80,81)/t34-,39?,42+,43-,44-,45-,51?,52?/m0/s1. The van der Waals surface area contributed by atoms with Crippen LogP contribution in [-0.4, -0.2) is 152 Å². The highest BCUT2D eigenvalue weighted by Gasteiger charge is 2.51. The summed E-state index contributed by atoms with van der Waals surface area (Å²) < 4.78 is 47.4. The SMILES string of the molecule is Cc1ncsc1-c1ccc([C@H](C)NC(=O)[C@@H]2C[C@@H](O)CN2C(=O)C(NC(=O)CCNC(=O)CO[C@H]2C[C@@H](C(=O)N3CCCC(c4ccccc4)C3)N(C(=O)C(NC(=O)c3cc4cc(C(F)(F)P(=O)(O)O)ccc4s3)C(C)(C)C)C2)C(C)(C)C)cc1. The van der Waals surface area contributed by atoms with Crippen molar-refractivity contribution in [2.75, 3.05) is 39.3 Å². The number of nitrogens with zero attached hydrogens (tertiary/aromatic N) is 4. The van der Waals surface area contributed by atoms with E-state index >= 15 is 0 Å². The van der Waals surface area contributed by atoms with Gasteiger partial charge in [0.05, 0.1) is 39.2 Å². The van der Waals surface area contributed by atoms with Crippen molar-refractivity contribution in [1.82, 2.24) is 41.0 Å². The van der Waals surface area contributed by atoms with Crippen LogP contribution in [0.25, 0.3) is 20.5 Å². The first kappa shape index (κ1) is 64.5. The molecule has 7 N–H and O–H groups in total. The van der Waals surface area contributed by atoms with E-state index in [0.717, 1.165) is 57.2 Å². The third kappa shape index (κ3) is 15.2. The highest BCUT2D eigenvalue weighted by molar-refractivity contribution is 7.52. The molecule has 0 radical (unpaired) electrons. The number of hydrogen-bond donors (Lipinski definition) is 7. The number of thiazole rings is 1. The molecule has 3 saturated heterocycles. The number of aryl methyl sites for hydroxylation is 1. The second kappa shape index (κ2) is 26.2. The third-order valence-corrected chi connectivity index (χ3v) is 18.9. The average Bonchev–Trinajstić information content (AvgIpc) is 3.63. The van der Waals surface area contributed by atoms with E-state index in [1.54, 1.807) is 52.0 Å². The minimum absolute atomic E-state index is 0.00334. The molecular weight excluding hydrogens is 1160 g/mol. The van der Waals surface area contributed by atoms with Gasteiger partial charge in [0.15, 0.2) is 0 Å². The van der Waals surface area contributed by atoms with Crippen molar-refractivity contribution >= 4 is 81.7 Å². The van der Waals surface area contributed by atoms with Crippen LogP contribution in [0.3, 0.4) is 0 Å². The van der Waals surface area contributed by atoms with Crippen LogP contribution in [0.4, 0.5) is 8.78 Å². The molecule has 3 unspecified atom stereocenters. The number of carbonyl (C=O) groups excluding carboxylic acids is 7. The van der Waals surface area contributed by atoms with Gasteiger partial charge in [0.1, 0.15) is 30.8 Å². The van der Waals surface area contributed by atoms with Crippen LogP contribution >= 0.6 is 30.3 Å². The molecule has 458 valence electrons. The quantitative estimate of drug-likeness (QED) is 0.0412. The van der Waals surface area contributed by atoms with Gasteiger partial charge in [-0.25, -0.2) is 4.98 Å². The molecule has 0 saturated carbocycles. The summed E-state index contributed by atoms with van der Waals surface area (Å²) in [4.78, 5) is 127. The summed E-state index contributed by atoms with van der Waals surface area (Å²) in [6.45, 7) is 14.1. The Kier molecular flexibility index (Phi) is 19.9. The number of hydrogen-bond acceptors (Lipinski definition) is 13. The van der Waals surface area contributed by atoms with Gasteiger partial charge in [-0.1, -0.05) is 102 Å². The van der Waals surface area contributed by atoms with Gasteiger partial charge >= 0.3 is 13.3 Å². The van der Waals surface area contributed by atoms with Gasteiger partial charge < -0.3 is 55.6 Å². The van der Waals surface area contributed by atoms with Crippen molar-refractivity contribution in [3.8, 4) is 10.4 Å². The summed E-state index contributed by atoms with van der Waals surface area (Å²) in [5.41, 5.74) is -1.60. The van der Waals surface area contributed by atoms with Crippen molar-refractivity contribution in [3.63, 3.8) is 0 Å². The molecule has 7 amide bonds. The maximum atomic E-state index is 15.0. The molecule has 3 fully saturated rings. The zero-order valence-corrected chi connectivity index (χ0v) is 51.3. The lowest BCUT2D eigenvalue weighted by molar-refractivity contribution is -0.147. The Balaban J connectivity index is 0.891. The predicted octanol–water partition coefficient (Wildman–Crippen LogP) is 6.97. The van der Waals surface area contributed by atoms with Gasteiger partial charge in [0, 0.05) is 68.2 Å². The molecule has 2 aromatic heterocycles. The molecule has 3 aliphatic heterocycles. The minimum atomic E-state index is -5.88. The molecule has 0 aliphatic carbocycles. The number of carbonyl (C=O) groups is 7. The molecule has 5 aromatic rings. The zero-order chi connectivity index (χ0) is 61.9. The lowest BCUT2D eigenvalue weighted by atomic mass is 9.85. The maximum Gasteiger partial charge on any atom is 0.399 e. The normalized spacial score (nSPS) is 20.6. The van der Waals surface area contributed by atoms with E-state index < -0.39 is 114 Å². The van der Waals surface area contributed by atoms with Crippen LogP contribution in [0.15, 0.2) is 84.4 Å². The van der Waals surface area contributed by atoms with E-state index in [1.807, 2.05) is 68.4 Å². The van der Waals surface area contributed by atoms with E-state index in [0.29, 0.717) is 24.2 Å². The number of rotatable bonds is 19. The lowest BCUT2D eigenvalue weighted by Crippen LogP contribution is -2.58. The van der Waals surface area contributed by atoms with E-state index in [1.165, 1.54) is 33.3 Å². The number of nitrogens with one attached hydrogen (secondary N) is 4. The van der Waals surface area contributed by atoms with Gasteiger partial charge in [-0.15, -0.1) is 22.7 Å². The second-order valence-corrected chi connectivity index (χ2v) is 28.0. The highest BCUT2D eigenvalue weighted by Crippen LogP contribution is 2.59. The van der Waals surface area contributed by atoms with Crippen molar-refractivity contribution < 1.29 is 66.5 Å². The Morgan fingerprint density at radius 2 is 1.47 bits per heavy atom. The van der Waals surface area contributed by atoms with E-state index in [2.05, 4.69) is 26.3 Å². The van der Waals surface area contributed by atoms with Crippen LogP contribution in [0.5, 0.6) is 0 Å². The molecule has 5 heterocycles. The van der Waals surface area contributed by atoms with Gasteiger partial charge in [0.2, 0.25) is 35.4 Å². The van der Waals surface area contributed by atoms with Crippen LogP contribution in [0.2, 0.25) is 0 Å². The van der Waals surface area contributed by atoms with Crippen LogP contribution in [0.1, 0.15) is 125 Å². The molecule has 25 heteroatoms. The fourth-order valence-electron chi connectivity index (χ4n) is 11.1. The van der Waals surface area contributed by atoms with E-state index in [-0.39, 0.29) is 61.0 Å². The number of thiophene rings is 1. The van der Waals surface area contributed by atoms with Crippen LogP contribution < -0.4 is 21.3 Å². The van der Waals surface area contributed by atoms with Crippen LogP contribution in [0, 0.1) is 17.8 Å². The molecule has 8 rings (SSSR count). The summed E-state index contributed by atoms with van der Waals surface area (Å²) in [6, 6.07) is 17.0. The number of fused-ring (bicyclic) bond motifs is 1. The van der Waals surface area contributed by atoms with Gasteiger partial charge in [0.25, 0.3) is 5.91 Å². The predicted molar refractivity (Wildman–Crippen MR) is 317 cm³/mol. The molecule has 85 heavy (non-hydrogen) atoms. The average molecular weight is 1230 g/mol. The fraction of sp³-hybridized carbons (Fsp3) is 0.500. The second-order valence-electron chi connectivity index (χ2n) is 24.4. The minimum Gasteiger partial charge on any atom is -0.391 e. The highest BCUT2D eigenvalue weighted by atomic mass is 32.1. The Labute approximate surface area is 500 Å². The number of ether oxygens (including phenoxy) is 1. The summed E-state index contributed by atoms with van der Waals surface area (Å²) in [5.74, 6) is -3.80. The zero-order valence-electron chi connectivity index (χ0n) is 48.8. The summed E-state index contributed by atoms with van der Waals surface area (Å²) >= 11 is 2.46. The molecule has 8 atom stereocenters. The van der Waals surface area contributed by atoms with Gasteiger partial charge in [-0.2, -0.15) is 8.78 Å². The number of amides is 7. The number of aliphatic hydroxyl groups excluding tert-OH is 1. The summed E-state index contributed by atoms with van der Waals surface area (Å²) in [5, 5.41) is 22.1. The molecule has 0 bridgehead atoms. The Morgan fingerprint density at radius 3 is 2.11 bits per heavy atom. The van der Waals surface area contributed by atoms with E-state index in [9.17, 15) is 61.8 Å². The lowest BCUT2D eigenvalue weighted by Gasteiger charge is -2.38. The fourth-order valence-corrected chi connectivity index (χ4v) is 13.4. The maximum absolute atomic E-state index is 15.0. The smallest absolute Gasteiger partial charge is 0.391 e. The number of piperidine rings is 1. The Bertz CT molecular complexity index is 3330. The van der Waals surface area contributed by atoms with Gasteiger partial charge in [-0.3, -0.25) is 38.1 Å². The first-order valence-electron chi connectivity index (χ1n) is 28.3. The Morgan fingerprint density at radius 1 is 0.812 bits per heavy atom.